The van der Waals surface area contributed by atoms with Crippen LogP contribution < -0.4 is 14.8 Å². The van der Waals surface area contributed by atoms with Gasteiger partial charge in [-0.3, -0.25) is 9.89 Å². The number of rotatable bonds is 14. The maximum atomic E-state index is 13.8. The molecule has 1 aromatic heterocycles. The number of benzene rings is 3. The van der Waals surface area contributed by atoms with E-state index in [-0.39, 0.29) is 28.5 Å². The Labute approximate surface area is 230 Å². The molecular weight excluding hydrogens is 539 g/mol. The molecule has 1 heterocycles. The summed E-state index contributed by atoms with van der Waals surface area (Å²) >= 11 is 0. The number of alkyl halides is 1. The molecule has 0 aliphatic heterocycles. The molecule has 0 saturated carbocycles. The number of sulfonamides is 1. The van der Waals surface area contributed by atoms with Crippen LogP contribution in [0.5, 0.6) is 5.75 Å². The van der Waals surface area contributed by atoms with Gasteiger partial charge in [-0.05, 0) is 48.6 Å². The second kappa shape index (κ2) is 13.2. The van der Waals surface area contributed by atoms with E-state index in [2.05, 4.69) is 20.2 Å². The van der Waals surface area contributed by atoms with Crippen molar-refractivity contribution >= 4 is 32.8 Å². The number of aliphatic carboxylic acids is 1. The van der Waals surface area contributed by atoms with Gasteiger partial charge in [0.05, 0.1) is 17.1 Å². The minimum atomic E-state index is -4.03. The molecule has 4 rings (SSSR count). The number of aromatic amines is 1. The Morgan fingerprint density at radius 3 is 2.40 bits per heavy atom. The Morgan fingerprint density at radius 2 is 1.70 bits per heavy atom. The number of carboxylic acids is 1. The summed E-state index contributed by atoms with van der Waals surface area (Å²) in [6.45, 7) is 0.421. The third-order valence-corrected chi connectivity index (χ3v) is 7.70. The fraction of sp³-hybridized carbons (Fsp3) is 0.250. The first-order valence-electron chi connectivity index (χ1n) is 12.6. The van der Waals surface area contributed by atoms with E-state index >= 15 is 0 Å². The highest BCUT2D eigenvalue weighted by Crippen LogP contribution is 2.33. The molecule has 0 radical (unpaired) electrons. The Bertz CT molecular complexity index is 1550. The van der Waals surface area contributed by atoms with E-state index in [0.717, 1.165) is 19.3 Å². The number of aromatic nitrogens is 2. The van der Waals surface area contributed by atoms with Gasteiger partial charge in [-0.1, -0.05) is 54.6 Å². The van der Waals surface area contributed by atoms with Crippen LogP contribution in [0.1, 0.15) is 36.4 Å². The molecule has 4 N–H and O–H groups in total. The summed E-state index contributed by atoms with van der Waals surface area (Å²) in [6.07, 6.45) is 1.02. The van der Waals surface area contributed by atoms with Crippen LogP contribution >= 0.6 is 0 Å². The minimum Gasteiger partial charge on any atom is -0.476 e. The van der Waals surface area contributed by atoms with Crippen molar-refractivity contribution in [2.45, 2.75) is 43.0 Å². The Morgan fingerprint density at radius 1 is 1.00 bits per heavy atom. The molecule has 0 fully saturated rings. The predicted octanol–water partition coefficient (Wildman–Crippen LogP) is 3.87. The Kier molecular flexibility index (Phi) is 9.46. The van der Waals surface area contributed by atoms with Gasteiger partial charge in [0.15, 0.2) is 0 Å². The SMILES string of the molecule is O=C(CC(NS(=O)(=O)c1ccccc1)c1ccc(OC(F)C(=O)O)c2[nH]ncc12)NCCCCc1ccccc1. The number of unbranched alkanes of at least 4 members (excludes halogenated alkanes) is 1. The zero-order chi connectivity index (χ0) is 28.5. The molecule has 0 aliphatic rings. The summed E-state index contributed by atoms with van der Waals surface area (Å²) < 4.78 is 47.6. The highest BCUT2D eigenvalue weighted by molar-refractivity contribution is 7.89. The number of nitrogens with zero attached hydrogens (tertiary/aromatic N) is 1. The van der Waals surface area contributed by atoms with Gasteiger partial charge in [0.25, 0.3) is 0 Å². The van der Waals surface area contributed by atoms with Crippen molar-refractivity contribution in [3.63, 3.8) is 0 Å². The lowest BCUT2D eigenvalue weighted by Gasteiger charge is -2.21. The molecule has 0 spiro atoms. The number of halogens is 1. The molecule has 1 amide bonds. The fourth-order valence-electron chi connectivity index (χ4n) is 4.25. The molecule has 0 saturated heterocycles. The molecule has 2 atom stereocenters. The van der Waals surface area contributed by atoms with E-state index in [1.165, 1.54) is 36.0 Å². The maximum Gasteiger partial charge on any atom is 0.378 e. The largest absolute Gasteiger partial charge is 0.476 e. The number of carbonyl (C=O) groups is 2. The molecule has 0 bridgehead atoms. The van der Waals surface area contributed by atoms with Crippen LogP contribution in [0.2, 0.25) is 0 Å². The summed E-state index contributed by atoms with van der Waals surface area (Å²) in [5, 5.41) is 18.6. The van der Waals surface area contributed by atoms with E-state index in [0.29, 0.717) is 17.5 Å². The molecule has 210 valence electrons. The van der Waals surface area contributed by atoms with E-state index < -0.39 is 28.4 Å². The second-order valence-corrected chi connectivity index (χ2v) is 10.8. The molecule has 12 heteroatoms. The van der Waals surface area contributed by atoms with Crippen LogP contribution in [0.15, 0.2) is 83.9 Å². The van der Waals surface area contributed by atoms with Crippen molar-refractivity contribution < 1.29 is 32.2 Å². The summed E-state index contributed by atoms with van der Waals surface area (Å²) in [5.74, 6) is -2.29. The van der Waals surface area contributed by atoms with Gasteiger partial charge < -0.3 is 15.2 Å². The highest BCUT2D eigenvalue weighted by atomic mass is 32.2. The monoisotopic (exact) mass is 568 g/mol. The van der Waals surface area contributed by atoms with E-state index in [4.69, 9.17) is 9.84 Å². The minimum absolute atomic E-state index is 0.0199. The number of carboxylic acid groups (broad SMARTS) is 1. The number of fused-ring (bicyclic) bond motifs is 1. The molecule has 4 aromatic rings. The van der Waals surface area contributed by atoms with Crippen LogP contribution in [-0.4, -0.2) is 48.5 Å². The van der Waals surface area contributed by atoms with Crippen LogP contribution in [0.3, 0.4) is 0 Å². The van der Waals surface area contributed by atoms with Crippen molar-refractivity contribution in [2.24, 2.45) is 0 Å². The summed E-state index contributed by atoms with van der Waals surface area (Å²) in [6, 6.07) is 19.5. The Hall–Kier alpha value is -4.29. The first-order valence-corrected chi connectivity index (χ1v) is 14.1. The van der Waals surface area contributed by atoms with Gasteiger partial charge in [-0.15, -0.1) is 0 Å². The average molecular weight is 569 g/mol. The van der Waals surface area contributed by atoms with Crippen molar-refractivity contribution in [3.8, 4) is 5.75 Å². The highest BCUT2D eigenvalue weighted by Gasteiger charge is 2.27. The molecule has 3 aromatic carbocycles. The Balaban J connectivity index is 1.52. The third-order valence-electron chi connectivity index (χ3n) is 6.21. The summed E-state index contributed by atoms with van der Waals surface area (Å²) in [7, 11) is -4.03. The van der Waals surface area contributed by atoms with Crippen molar-refractivity contribution in [3.05, 3.63) is 90.1 Å². The molecular formula is C28H29FN4O6S. The van der Waals surface area contributed by atoms with Crippen molar-refractivity contribution in [1.82, 2.24) is 20.2 Å². The van der Waals surface area contributed by atoms with E-state index in [1.807, 2.05) is 30.3 Å². The van der Waals surface area contributed by atoms with Crippen molar-refractivity contribution in [2.75, 3.05) is 6.54 Å². The van der Waals surface area contributed by atoms with Crippen molar-refractivity contribution in [1.29, 1.82) is 0 Å². The number of nitrogens with one attached hydrogen (secondary N) is 3. The van der Waals surface area contributed by atoms with Crippen LogP contribution in [0.25, 0.3) is 10.9 Å². The number of amides is 1. The predicted molar refractivity (Wildman–Crippen MR) is 146 cm³/mol. The van der Waals surface area contributed by atoms with Gasteiger partial charge >= 0.3 is 12.3 Å². The number of aryl methyl sites for hydroxylation is 1. The normalized spacial score (nSPS) is 13.0. The second-order valence-electron chi connectivity index (χ2n) is 9.07. The number of H-pyrrole nitrogens is 1. The first-order chi connectivity index (χ1) is 19.2. The van der Waals surface area contributed by atoms with Crippen LogP contribution in [-0.2, 0) is 26.0 Å². The number of carbonyl (C=O) groups excluding carboxylic acids is 1. The van der Waals surface area contributed by atoms with E-state index in [1.54, 1.807) is 18.2 Å². The number of hydrogen-bond donors (Lipinski definition) is 4. The van der Waals surface area contributed by atoms with Gasteiger partial charge in [-0.25, -0.2) is 17.9 Å². The van der Waals surface area contributed by atoms with Crippen LogP contribution in [0.4, 0.5) is 4.39 Å². The zero-order valence-electron chi connectivity index (χ0n) is 21.4. The first kappa shape index (κ1) is 28.7. The summed E-state index contributed by atoms with van der Waals surface area (Å²) in [4.78, 5) is 23.9. The van der Waals surface area contributed by atoms with Gasteiger partial charge in [-0.2, -0.15) is 9.49 Å². The lowest BCUT2D eigenvalue weighted by Crippen LogP contribution is -2.34. The third kappa shape index (κ3) is 7.42. The quantitative estimate of drug-likeness (QED) is 0.169. The van der Waals surface area contributed by atoms with Gasteiger partial charge in [0.1, 0.15) is 11.3 Å². The molecule has 0 aliphatic carbocycles. The smallest absolute Gasteiger partial charge is 0.378 e. The maximum absolute atomic E-state index is 13.8. The number of ether oxygens (including phenoxy) is 1. The lowest BCUT2D eigenvalue weighted by molar-refractivity contribution is -0.153. The fourth-order valence-corrected chi connectivity index (χ4v) is 5.49. The molecule has 40 heavy (non-hydrogen) atoms. The van der Waals surface area contributed by atoms with Gasteiger partial charge in [0.2, 0.25) is 15.9 Å². The lowest BCUT2D eigenvalue weighted by atomic mass is 10.00. The van der Waals surface area contributed by atoms with E-state index in [9.17, 15) is 22.4 Å². The molecule has 10 nitrogen and oxygen atoms in total. The number of hydrogen-bond acceptors (Lipinski definition) is 6. The standard InChI is InChI=1S/C28H29FN4O6S/c29-27(28(35)36)39-24-15-14-21(22-18-31-32-26(22)24)23(33-40(37,38)20-12-5-2-6-13-20)17-25(34)30-16-8-7-11-19-9-3-1-4-10-19/h1-6,9-10,12-15,18,23,27,33H,7-8,11,16-17H2,(H,30,34)(H,31,32)(H,35,36). The van der Waals surface area contributed by atoms with Gasteiger partial charge in [0, 0.05) is 18.4 Å². The molecule has 2 unspecified atom stereocenters. The topological polar surface area (TPSA) is 150 Å². The van der Waals surface area contributed by atoms with Crippen LogP contribution in [0, 0.1) is 0 Å². The average Bonchev–Trinajstić information content (AvgIpc) is 3.44. The zero-order valence-corrected chi connectivity index (χ0v) is 22.2. The summed E-state index contributed by atoms with van der Waals surface area (Å²) in [5.41, 5.74) is 1.75.